The molecular weight excluding hydrogens is 383 g/mol. The van der Waals surface area contributed by atoms with Crippen molar-refractivity contribution in [1.29, 1.82) is 0 Å². The highest BCUT2D eigenvalue weighted by molar-refractivity contribution is 6.35. The van der Waals surface area contributed by atoms with Crippen molar-refractivity contribution in [3.05, 3.63) is 81.6 Å². The minimum absolute atomic E-state index is 0.122. The smallest absolute Gasteiger partial charge is 0.306 e. The molecule has 0 aliphatic carbocycles. The van der Waals surface area contributed by atoms with Gasteiger partial charge in [0.2, 0.25) is 0 Å². The molecule has 1 N–H and O–H groups in total. The first kappa shape index (κ1) is 18.0. The second-order valence-corrected chi connectivity index (χ2v) is 7.55. The Morgan fingerprint density at radius 3 is 2.85 bits per heavy atom. The molecule has 1 aliphatic rings. The minimum atomic E-state index is -0.301. The molecule has 0 radical (unpaired) electrons. The van der Waals surface area contributed by atoms with E-state index in [0.717, 1.165) is 35.5 Å². The van der Waals surface area contributed by atoms with Crippen LogP contribution in [0.2, 0.25) is 10.0 Å². The maximum absolute atomic E-state index is 12.2. The number of hydrogen-bond acceptors (Lipinski definition) is 3. The third kappa shape index (κ3) is 3.72. The summed E-state index contributed by atoms with van der Waals surface area (Å²) in [7, 11) is 2.07. The van der Waals surface area contributed by atoms with Crippen molar-refractivity contribution in [3.8, 4) is 0 Å². The average molecular weight is 401 g/mol. The third-order valence-electron chi connectivity index (χ3n) is 4.75. The van der Waals surface area contributed by atoms with Crippen LogP contribution in [-0.2, 0) is 6.54 Å². The number of nitrogens with zero attached hydrogens (tertiary/aromatic N) is 3. The summed E-state index contributed by atoms with van der Waals surface area (Å²) in [5.41, 5.74) is 4.06. The lowest BCUT2D eigenvalue weighted by Crippen LogP contribution is -2.31. The number of benzene rings is 2. The molecule has 1 aromatic heterocycles. The van der Waals surface area contributed by atoms with Gasteiger partial charge in [-0.3, -0.25) is 0 Å². The summed E-state index contributed by atoms with van der Waals surface area (Å²) in [6.07, 6.45) is 3.17. The maximum Gasteiger partial charge on any atom is 0.346 e. The predicted octanol–water partition coefficient (Wildman–Crippen LogP) is 4.85. The topological polar surface area (TPSA) is 50.2 Å². The Morgan fingerprint density at radius 1 is 1.22 bits per heavy atom. The van der Waals surface area contributed by atoms with Crippen molar-refractivity contribution in [1.82, 2.24) is 14.7 Å². The minimum Gasteiger partial charge on any atom is -0.306 e. The molecule has 3 aromatic rings. The van der Waals surface area contributed by atoms with Gasteiger partial charge < -0.3 is 10.2 Å². The molecule has 0 saturated carbocycles. The van der Waals surface area contributed by atoms with Gasteiger partial charge in [0.1, 0.15) is 0 Å². The Hall–Kier alpha value is -2.34. The number of fused-ring (bicyclic) bond motifs is 1. The summed E-state index contributed by atoms with van der Waals surface area (Å²) in [4.78, 5) is 14.5. The molecule has 7 heteroatoms. The molecule has 2 aromatic carbocycles. The first-order valence-corrected chi connectivity index (χ1v) is 9.34. The number of halogens is 2. The maximum atomic E-state index is 12.2. The number of carbonyl (C=O) groups is 1. The second-order valence-electron chi connectivity index (χ2n) is 6.71. The molecule has 138 valence electrons. The molecule has 2 heterocycles. The molecule has 0 saturated heterocycles. The van der Waals surface area contributed by atoms with E-state index in [-0.39, 0.29) is 11.9 Å². The molecular formula is C20H18Cl2N4O. The van der Waals surface area contributed by atoms with Crippen LogP contribution in [-0.4, -0.2) is 34.3 Å². The third-order valence-corrected chi connectivity index (χ3v) is 5.30. The Bertz CT molecular complexity index is 988. The molecule has 1 amide bonds. The summed E-state index contributed by atoms with van der Waals surface area (Å²) in [6, 6.07) is 13.0. The zero-order valence-electron chi connectivity index (χ0n) is 14.7. The van der Waals surface area contributed by atoms with Gasteiger partial charge in [0.15, 0.2) is 0 Å². The SMILES string of the molecule is CN1Cc2c(Cl)cc(Cl)cc2C(c2cccc(NC(=O)n3cccn3)c2)C1. The van der Waals surface area contributed by atoms with Crippen molar-refractivity contribution in [3.63, 3.8) is 0 Å². The van der Waals surface area contributed by atoms with E-state index in [4.69, 9.17) is 23.2 Å². The monoisotopic (exact) mass is 400 g/mol. The molecule has 4 rings (SSSR count). The van der Waals surface area contributed by atoms with Crippen LogP contribution in [0.3, 0.4) is 0 Å². The quantitative estimate of drug-likeness (QED) is 0.668. The zero-order valence-corrected chi connectivity index (χ0v) is 16.2. The van der Waals surface area contributed by atoms with Crippen LogP contribution in [0.5, 0.6) is 0 Å². The van der Waals surface area contributed by atoms with E-state index in [9.17, 15) is 4.79 Å². The van der Waals surface area contributed by atoms with Gasteiger partial charge in [-0.15, -0.1) is 0 Å². The molecule has 1 aliphatic heterocycles. The lowest BCUT2D eigenvalue weighted by atomic mass is 9.84. The van der Waals surface area contributed by atoms with E-state index in [1.54, 1.807) is 24.5 Å². The number of amides is 1. The molecule has 1 unspecified atom stereocenters. The van der Waals surface area contributed by atoms with E-state index in [2.05, 4.69) is 28.4 Å². The standard InChI is InChI=1S/C20H18Cl2N4O/c1-25-11-17(16-9-14(21)10-19(22)18(16)12-25)13-4-2-5-15(8-13)24-20(27)26-7-3-6-23-26/h2-10,17H,11-12H2,1H3,(H,24,27). The zero-order chi connectivity index (χ0) is 19.0. The molecule has 27 heavy (non-hydrogen) atoms. The lowest BCUT2D eigenvalue weighted by Gasteiger charge is -2.33. The van der Waals surface area contributed by atoms with Crippen LogP contribution in [0.1, 0.15) is 22.6 Å². The van der Waals surface area contributed by atoms with Crippen molar-refractivity contribution >= 4 is 34.9 Å². The molecule has 0 bridgehead atoms. The van der Waals surface area contributed by atoms with Crippen LogP contribution in [0.15, 0.2) is 54.9 Å². The number of rotatable bonds is 2. The van der Waals surface area contributed by atoms with E-state index in [1.807, 2.05) is 24.3 Å². The highest BCUT2D eigenvalue weighted by Crippen LogP contribution is 2.38. The normalized spacial score (nSPS) is 16.8. The Kier molecular flexibility index (Phi) is 4.91. The van der Waals surface area contributed by atoms with Crippen LogP contribution in [0.4, 0.5) is 10.5 Å². The second kappa shape index (κ2) is 7.35. The van der Waals surface area contributed by atoms with Crippen molar-refractivity contribution in [2.75, 3.05) is 18.9 Å². The number of hydrogen-bond donors (Lipinski definition) is 1. The van der Waals surface area contributed by atoms with E-state index < -0.39 is 0 Å². The van der Waals surface area contributed by atoms with E-state index in [0.29, 0.717) is 10.0 Å². The van der Waals surface area contributed by atoms with Crippen molar-refractivity contribution in [2.24, 2.45) is 0 Å². The summed E-state index contributed by atoms with van der Waals surface area (Å²) in [5.74, 6) is 0.122. The van der Waals surface area contributed by atoms with Gasteiger partial charge in [0.05, 0.1) is 0 Å². The van der Waals surface area contributed by atoms with Gasteiger partial charge in [-0.1, -0.05) is 35.3 Å². The lowest BCUT2D eigenvalue weighted by molar-refractivity contribution is 0.251. The summed E-state index contributed by atoms with van der Waals surface area (Å²) in [6.45, 7) is 1.64. The fraction of sp³-hybridized carbons (Fsp3) is 0.200. The van der Waals surface area contributed by atoms with Crippen LogP contribution in [0, 0.1) is 0 Å². The number of anilines is 1. The summed E-state index contributed by atoms with van der Waals surface area (Å²) in [5, 5.41) is 8.16. The van der Waals surface area contributed by atoms with E-state index >= 15 is 0 Å². The van der Waals surface area contributed by atoms with Gasteiger partial charge in [-0.25, -0.2) is 4.79 Å². The Balaban J connectivity index is 1.67. The van der Waals surface area contributed by atoms with Gasteiger partial charge >= 0.3 is 6.03 Å². The van der Waals surface area contributed by atoms with Gasteiger partial charge in [0.25, 0.3) is 0 Å². The van der Waals surface area contributed by atoms with Crippen molar-refractivity contribution in [2.45, 2.75) is 12.5 Å². The number of likely N-dealkylation sites (N-methyl/N-ethyl adjacent to an activating group) is 1. The van der Waals surface area contributed by atoms with Gasteiger partial charge in [-0.2, -0.15) is 9.78 Å². The fourth-order valence-electron chi connectivity index (χ4n) is 3.53. The number of aromatic nitrogens is 2. The fourth-order valence-corrected chi connectivity index (χ4v) is 4.10. The average Bonchev–Trinajstić information content (AvgIpc) is 3.17. The first-order valence-electron chi connectivity index (χ1n) is 8.58. The highest BCUT2D eigenvalue weighted by Gasteiger charge is 2.27. The number of nitrogens with one attached hydrogen (secondary N) is 1. The molecule has 1 atom stereocenters. The highest BCUT2D eigenvalue weighted by atomic mass is 35.5. The molecule has 0 spiro atoms. The summed E-state index contributed by atoms with van der Waals surface area (Å²) < 4.78 is 1.26. The predicted molar refractivity (Wildman–Crippen MR) is 108 cm³/mol. The Morgan fingerprint density at radius 2 is 2.07 bits per heavy atom. The van der Waals surface area contributed by atoms with Crippen LogP contribution >= 0.6 is 23.2 Å². The van der Waals surface area contributed by atoms with Gasteiger partial charge in [-0.05, 0) is 54.1 Å². The van der Waals surface area contributed by atoms with Gasteiger partial charge in [0, 0.05) is 47.1 Å². The van der Waals surface area contributed by atoms with Crippen molar-refractivity contribution < 1.29 is 4.79 Å². The molecule has 5 nitrogen and oxygen atoms in total. The van der Waals surface area contributed by atoms with Crippen LogP contribution in [0.25, 0.3) is 0 Å². The first-order chi connectivity index (χ1) is 13.0. The number of carbonyl (C=O) groups excluding carboxylic acids is 1. The largest absolute Gasteiger partial charge is 0.346 e. The summed E-state index contributed by atoms with van der Waals surface area (Å²) >= 11 is 12.7. The molecule has 0 fully saturated rings. The van der Waals surface area contributed by atoms with E-state index in [1.165, 1.54) is 4.68 Å². The van der Waals surface area contributed by atoms with Crippen LogP contribution < -0.4 is 5.32 Å². The Labute approximate surface area is 167 Å².